The van der Waals surface area contributed by atoms with Crippen LogP contribution < -0.4 is 10.1 Å². The van der Waals surface area contributed by atoms with Crippen LogP contribution in [0.15, 0.2) is 36.4 Å². The molecule has 0 atom stereocenters. The van der Waals surface area contributed by atoms with E-state index >= 15 is 0 Å². The van der Waals surface area contributed by atoms with E-state index in [0.717, 1.165) is 12.1 Å². The highest BCUT2D eigenvalue weighted by Gasteiger charge is 2.05. The molecule has 19 heavy (non-hydrogen) atoms. The molecule has 0 aliphatic rings. The summed E-state index contributed by atoms with van der Waals surface area (Å²) in [5, 5.41) is 2.92. The predicted molar refractivity (Wildman–Crippen MR) is 66.6 cm³/mol. The summed E-state index contributed by atoms with van der Waals surface area (Å²) in [6.45, 7) is 0.267. The first-order valence-corrected chi connectivity index (χ1v) is 5.61. The molecule has 0 amide bonds. The van der Waals surface area contributed by atoms with Crippen LogP contribution in [-0.2, 0) is 6.54 Å². The van der Waals surface area contributed by atoms with Crippen LogP contribution >= 0.6 is 0 Å². The topological polar surface area (TPSA) is 21.3 Å². The largest absolute Gasteiger partial charge is 0.494 e. The number of nitrogens with one attached hydrogen (secondary N) is 1. The van der Waals surface area contributed by atoms with E-state index in [1.54, 1.807) is 6.07 Å². The standard InChI is InChI=1S/C14H12F3NO/c1-19-14-5-3-10(7-13(14)17)18-8-9-2-4-11(15)12(16)6-9/h2-7,18H,8H2,1H3. The van der Waals surface area contributed by atoms with Gasteiger partial charge in [-0.2, -0.15) is 0 Å². The molecule has 0 saturated heterocycles. The number of hydrogen-bond donors (Lipinski definition) is 1. The minimum atomic E-state index is -0.903. The molecule has 0 aliphatic carbocycles. The zero-order valence-electron chi connectivity index (χ0n) is 10.2. The molecule has 2 aromatic rings. The van der Waals surface area contributed by atoms with E-state index < -0.39 is 17.5 Å². The Morgan fingerprint density at radius 2 is 1.74 bits per heavy atom. The van der Waals surface area contributed by atoms with Crippen LogP contribution in [0.2, 0.25) is 0 Å². The van der Waals surface area contributed by atoms with Crippen LogP contribution in [0, 0.1) is 17.5 Å². The second-order valence-electron chi connectivity index (χ2n) is 3.95. The zero-order chi connectivity index (χ0) is 13.8. The van der Waals surface area contributed by atoms with Gasteiger partial charge in [0.25, 0.3) is 0 Å². The summed E-state index contributed by atoms with van der Waals surface area (Å²) in [7, 11) is 1.38. The Bertz CT molecular complexity index is 587. The highest BCUT2D eigenvalue weighted by molar-refractivity contribution is 5.47. The number of ether oxygens (including phenoxy) is 1. The number of anilines is 1. The summed E-state index contributed by atoms with van der Waals surface area (Å²) in [6, 6.07) is 8.03. The number of rotatable bonds is 4. The van der Waals surface area contributed by atoms with Crippen molar-refractivity contribution < 1.29 is 17.9 Å². The maximum atomic E-state index is 13.4. The molecule has 0 bridgehead atoms. The number of hydrogen-bond acceptors (Lipinski definition) is 2. The van der Waals surface area contributed by atoms with Crippen LogP contribution in [0.4, 0.5) is 18.9 Å². The van der Waals surface area contributed by atoms with Crippen molar-refractivity contribution in [3.8, 4) is 5.75 Å². The van der Waals surface area contributed by atoms with Gasteiger partial charge in [-0.25, -0.2) is 13.2 Å². The van der Waals surface area contributed by atoms with Gasteiger partial charge in [0.1, 0.15) is 0 Å². The summed E-state index contributed by atoms with van der Waals surface area (Å²) in [4.78, 5) is 0. The van der Waals surface area contributed by atoms with E-state index in [2.05, 4.69) is 5.32 Å². The quantitative estimate of drug-likeness (QED) is 0.911. The number of benzene rings is 2. The molecular weight excluding hydrogens is 255 g/mol. The monoisotopic (exact) mass is 267 g/mol. The van der Waals surface area contributed by atoms with Gasteiger partial charge < -0.3 is 10.1 Å². The van der Waals surface area contributed by atoms with Crippen LogP contribution in [0.3, 0.4) is 0 Å². The maximum absolute atomic E-state index is 13.4. The van der Waals surface area contributed by atoms with Gasteiger partial charge in [-0.15, -0.1) is 0 Å². The van der Waals surface area contributed by atoms with Crippen molar-refractivity contribution in [1.82, 2.24) is 0 Å². The molecule has 5 heteroatoms. The Kier molecular flexibility index (Phi) is 3.94. The highest BCUT2D eigenvalue weighted by Crippen LogP contribution is 2.21. The highest BCUT2D eigenvalue weighted by atomic mass is 19.2. The number of methoxy groups -OCH3 is 1. The van der Waals surface area contributed by atoms with Crippen molar-refractivity contribution in [2.75, 3.05) is 12.4 Å². The van der Waals surface area contributed by atoms with Crippen molar-refractivity contribution in [2.24, 2.45) is 0 Å². The molecule has 0 heterocycles. The second kappa shape index (κ2) is 5.65. The fraction of sp³-hybridized carbons (Fsp3) is 0.143. The lowest BCUT2D eigenvalue weighted by Gasteiger charge is -2.08. The minimum Gasteiger partial charge on any atom is -0.494 e. The van der Waals surface area contributed by atoms with Gasteiger partial charge >= 0.3 is 0 Å². The third-order valence-corrected chi connectivity index (χ3v) is 2.63. The Morgan fingerprint density at radius 3 is 2.37 bits per heavy atom. The smallest absolute Gasteiger partial charge is 0.167 e. The minimum absolute atomic E-state index is 0.151. The molecule has 0 spiro atoms. The Balaban J connectivity index is 2.05. The van der Waals surface area contributed by atoms with Crippen molar-refractivity contribution >= 4 is 5.69 Å². The fourth-order valence-electron chi connectivity index (χ4n) is 1.63. The molecule has 2 aromatic carbocycles. The summed E-state index contributed by atoms with van der Waals surface area (Å²) in [6.07, 6.45) is 0. The van der Waals surface area contributed by atoms with Crippen molar-refractivity contribution in [3.05, 3.63) is 59.4 Å². The molecule has 0 aliphatic heterocycles. The Morgan fingerprint density at radius 1 is 0.947 bits per heavy atom. The summed E-state index contributed by atoms with van der Waals surface area (Å²) in [5.74, 6) is -2.13. The van der Waals surface area contributed by atoms with E-state index in [-0.39, 0.29) is 12.3 Å². The van der Waals surface area contributed by atoms with E-state index in [9.17, 15) is 13.2 Å². The predicted octanol–water partition coefficient (Wildman–Crippen LogP) is 3.72. The molecule has 0 unspecified atom stereocenters. The lowest BCUT2D eigenvalue weighted by Crippen LogP contribution is -2.01. The normalized spacial score (nSPS) is 10.3. The summed E-state index contributed by atoms with van der Waals surface area (Å²) >= 11 is 0. The molecule has 1 N–H and O–H groups in total. The van der Waals surface area contributed by atoms with Crippen molar-refractivity contribution in [3.63, 3.8) is 0 Å². The molecule has 0 aromatic heterocycles. The van der Waals surface area contributed by atoms with E-state index in [0.29, 0.717) is 11.3 Å². The maximum Gasteiger partial charge on any atom is 0.167 e. The van der Waals surface area contributed by atoms with Crippen LogP contribution in [0.25, 0.3) is 0 Å². The van der Waals surface area contributed by atoms with Gasteiger partial charge in [-0.05, 0) is 29.8 Å². The summed E-state index contributed by atoms with van der Waals surface area (Å²) in [5.41, 5.74) is 1.10. The van der Waals surface area contributed by atoms with Crippen LogP contribution in [-0.4, -0.2) is 7.11 Å². The molecule has 0 radical (unpaired) electrons. The zero-order valence-corrected chi connectivity index (χ0v) is 10.2. The van der Waals surface area contributed by atoms with Crippen LogP contribution in [0.1, 0.15) is 5.56 Å². The molecule has 100 valence electrons. The summed E-state index contributed by atoms with van der Waals surface area (Å²) < 4.78 is 43.9. The SMILES string of the molecule is COc1ccc(NCc2ccc(F)c(F)c2)cc1F. The van der Waals surface area contributed by atoms with Gasteiger partial charge in [0, 0.05) is 18.3 Å². The Labute approximate surface area is 108 Å². The van der Waals surface area contributed by atoms with Crippen molar-refractivity contribution in [1.29, 1.82) is 0 Å². The first-order valence-electron chi connectivity index (χ1n) is 5.61. The molecule has 2 nitrogen and oxygen atoms in total. The van der Waals surface area contributed by atoms with Gasteiger partial charge in [-0.3, -0.25) is 0 Å². The lowest BCUT2D eigenvalue weighted by molar-refractivity contribution is 0.386. The van der Waals surface area contributed by atoms with E-state index in [1.165, 1.54) is 25.3 Å². The first-order chi connectivity index (χ1) is 9.10. The average Bonchev–Trinajstić information content (AvgIpc) is 2.40. The van der Waals surface area contributed by atoms with Gasteiger partial charge in [-0.1, -0.05) is 6.07 Å². The van der Waals surface area contributed by atoms with Gasteiger partial charge in [0.2, 0.25) is 0 Å². The van der Waals surface area contributed by atoms with Crippen LogP contribution in [0.5, 0.6) is 5.75 Å². The first kappa shape index (κ1) is 13.3. The molecule has 0 saturated carbocycles. The second-order valence-corrected chi connectivity index (χ2v) is 3.95. The Hall–Kier alpha value is -2.17. The third kappa shape index (κ3) is 3.19. The molecule has 2 rings (SSSR count). The fourth-order valence-corrected chi connectivity index (χ4v) is 1.63. The molecular formula is C14H12F3NO. The average molecular weight is 267 g/mol. The third-order valence-electron chi connectivity index (χ3n) is 2.63. The van der Waals surface area contributed by atoms with E-state index in [4.69, 9.17) is 4.74 Å². The van der Waals surface area contributed by atoms with Gasteiger partial charge in [0.15, 0.2) is 23.2 Å². The lowest BCUT2D eigenvalue weighted by atomic mass is 10.2. The van der Waals surface area contributed by atoms with E-state index in [1.807, 2.05) is 0 Å². The van der Waals surface area contributed by atoms with Crippen molar-refractivity contribution in [2.45, 2.75) is 6.54 Å². The molecule has 0 fully saturated rings. The number of halogens is 3. The van der Waals surface area contributed by atoms with Gasteiger partial charge in [0.05, 0.1) is 7.11 Å².